The molecular formula is C32H29ClF3N7O4. The molecule has 0 radical (unpaired) electrons. The Kier molecular flexibility index (Phi) is 7.33. The number of piperidine rings is 1. The van der Waals surface area contributed by atoms with E-state index in [0.29, 0.717) is 29.5 Å². The SMILES string of the molecule is CC1(c2ccc(Cl)nc2)Oc2cccc(C3CCN(Cc4nc5cc(-c6noc(C(F)(F)F)n6)ncc5n4CC4CCO4)CC3)c2O1. The third-order valence-corrected chi connectivity index (χ3v) is 9.27. The number of halogens is 4. The Morgan fingerprint density at radius 3 is 2.55 bits per heavy atom. The molecular weight excluding hydrogens is 639 g/mol. The minimum absolute atomic E-state index is 0.0693. The summed E-state index contributed by atoms with van der Waals surface area (Å²) in [4.78, 5) is 19.3. The second-order valence-corrected chi connectivity index (χ2v) is 12.5. The van der Waals surface area contributed by atoms with Gasteiger partial charge in [0.05, 0.1) is 42.0 Å². The maximum atomic E-state index is 13.0. The third-order valence-electron chi connectivity index (χ3n) is 9.05. The molecule has 0 bridgehead atoms. The van der Waals surface area contributed by atoms with Gasteiger partial charge in [0.25, 0.3) is 5.79 Å². The first-order chi connectivity index (χ1) is 22.6. The van der Waals surface area contributed by atoms with Crippen LogP contribution < -0.4 is 9.47 Å². The van der Waals surface area contributed by atoms with Crippen LogP contribution in [0.2, 0.25) is 5.15 Å². The Hall–Kier alpha value is -4.27. The quantitative estimate of drug-likeness (QED) is 0.182. The van der Waals surface area contributed by atoms with E-state index >= 15 is 0 Å². The van der Waals surface area contributed by atoms with Crippen LogP contribution in [0.5, 0.6) is 11.5 Å². The number of hydrogen-bond donors (Lipinski definition) is 0. The molecule has 3 aliphatic heterocycles. The number of rotatable bonds is 7. The zero-order chi connectivity index (χ0) is 32.3. The summed E-state index contributed by atoms with van der Waals surface area (Å²) >= 11 is 6.00. The van der Waals surface area contributed by atoms with Crippen molar-refractivity contribution >= 4 is 22.6 Å². The molecule has 2 unspecified atom stereocenters. The van der Waals surface area contributed by atoms with Crippen LogP contribution in [-0.2, 0) is 29.8 Å². The number of likely N-dealkylation sites (tertiary alicyclic amines) is 1. The van der Waals surface area contributed by atoms with Crippen molar-refractivity contribution < 1.29 is 31.9 Å². The van der Waals surface area contributed by atoms with Crippen LogP contribution in [0.4, 0.5) is 13.2 Å². The normalized spacial score (nSPS) is 21.8. The average Bonchev–Trinajstić information content (AvgIpc) is 3.75. The minimum atomic E-state index is -4.74. The number of fused-ring (bicyclic) bond motifs is 2. The lowest BCUT2D eigenvalue weighted by molar-refractivity contribution is -0.159. The van der Waals surface area contributed by atoms with E-state index in [1.54, 1.807) is 24.5 Å². The van der Waals surface area contributed by atoms with Crippen LogP contribution in [0.3, 0.4) is 0 Å². The van der Waals surface area contributed by atoms with Crippen LogP contribution in [0.15, 0.2) is 53.3 Å². The van der Waals surface area contributed by atoms with E-state index in [-0.39, 0.29) is 23.5 Å². The summed E-state index contributed by atoms with van der Waals surface area (Å²) in [6.45, 7) is 5.48. The van der Waals surface area contributed by atoms with Gasteiger partial charge in [-0.25, -0.2) is 9.97 Å². The predicted octanol–water partition coefficient (Wildman–Crippen LogP) is 6.36. The Morgan fingerprint density at radius 1 is 1.02 bits per heavy atom. The monoisotopic (exact) mass is 667 g/mol. The van der Waals surface area contributed by atoms with Crippen LogP contribution in [0.25, 0.3) is 22.6 Å². The summed E-state index contributed by atoms with van der Waals surface area (Å²) in [6.07, 6.45) is 1.37. The van der Waals surface area contributed by atoms with E-state index in [2.05, 4.69) is 40.2 Å². The fourth-order valence-corrected chi connectivity index (χ4v) is 6.54. The van der Waals surface area contributed by atoms with Crippen LogP contribution in [0, 0.1) is 0 Å². The van der Waals surface area contributed by atoms with Gasteiger partial charge in [-0.1, -0.05) is 28.9 Å². The molecule has 4 aromatic heterocycles. The number of alkyl halides is 3. The van der Waals surface area contributed by atoms with E-state index in [1.807, 2.05) is 25.1 Å². The van der Waals surface area contributed by atoms with Crippen molar-refractivity contribution in [2.45, 2.75) is 63.3 Å². The van der Waals surface area contributed by atoms with Crippen molar-refractivity contribution in [3.63, 3.8) is 0 Å². The summed E-state index contributed by atoms with van der Waals surface area (Å²) in [6, 6.07) is 11.2. The minimum Gasteiger partial charge on any atom is -0.444 e. The molecule has 0 amide bonds. The number of ether oxygens (including phenoxy) is 3. The number of pyridine rings is 2. The smallest absolute Gasteiger partial charge is 0.444 e. The molecule has 3 aliphatic rings. The molecule has 8 rings (SSSR count). The van der Waals surface area contributed by atoms with Gasteiger partial charge in [0.15, 0.2) is 11.5 Å². The van der Waals surface area contributed by atoms with Crippen LogP contribution >= 0.6 is 11.6 Å². The summed E-state index contributed by atoms with van der Waals surface area (Å²) in [5.41, 5.74) is 3.41. The summed E-state index contributed by atoms with van der Waals surface area (Å²) in [7, 11) is 0. The number of aromatic nitrogens is 6. The maximum Gasteiger partial charge on any atom is 0.471 e. The topological polar surface area (TPSA) is 113 Å². The molecule has 5 aromatic rings. The Labute approximate surface area is 271 Å². The second kappa shape index (κ2) is 11.5. The lowest BCUT2D eigenvalue weighted by Gasteiger charge is -2.33. The van der Waals surface area contributed by atoms with Gasteiger partial charge in [-0.2, -0.15) is 18.2 Å². The maximum absolute atomic E-state index is 13.0. The van der Waals surface area contributed by atoms with E-state index in [9.17, 15) is 13.2 Å². The van der Waals surface area contributed by atoms with Crippen molar-refractivity contribution in [3.05, 3.63) is 76.8 Å². The summed E-state index contributed by atoms with van der Waals surface area (Å²) in [5.74, 6) is -0.0810. The Morgan fingerprint density at radius 2 is 1.85 bits per heavy atom. The van der Waals surface area contributed by atoms with Gasteiger partial charge in [0.2, 0.25) is 5.82 Å². The molecule has 47 heavy (non-hydrogen) atoms. The largest absolute Gasteiger partial charge is 0.471 e. The number of nitrogens with zero attached hydrogens (tertiary/aromatic N) is 7. The van der Waals surface area contributed by atoms with E-state index in [1.165, 1.54) is 0 Å². The highest BCUT2D eigenvalue weighted by Crippen LogP contribution is 2.49. The van der Waals surface area contributed by atoms with Crippen LogP contribution in [0.1, 0.15) is 54.9 Å². The van der Waals surface area contributed by atoms with E-state index < -0.39 is 17.9 Å². The highest BCUT2D eigenvalue weighted by atomic mass is 35.5. The first-order valence-electron chi connectivity index (χ1n) is 15.4. The molecule has 2 fully saturated rings. The summed E-state index contributed by atoms with van der Waals surface area (Å²) < 4.78 is 64.1. The van der Waals surface area contributed by atoms with Gasteiger partial charge >= 0.3 is 12.1 Å². The Balaban J connectivity index is 0.996. The molecule has 2 atom stereocenters. The zero-order valence-electron chi connectivity index (χ0n) is 25.2. The molecule has 7 heterocycles. The van der Waals surface area contributed by atoms with E-state index in [0.717, 1.165) is 67.2 Å². The first kappa shape index (κ1) is 30.1. The van der Waals surface area contributed by atoms with Crippen molar-refractivity contribution in [2.75, 3.05) is 19.7 Å². The molecule has 1 aromatic carbocycles. The second-order valence-electron chi connectivity index (χ2n) is 12.1. The number of benzene rings is 1. The third kappa shape index (κ3) is 5.68. The number of para-hydroxylation sites is 1. The fourth-order valence-electron chi connectivity index (χ4n) is 6.43. The van der Waals surface area contributed by atoms with Crippen molar-refractivity contribution in [3.8, 4) is 23.0 Å². The van der Waals surface area contributed by atoms with Gasteiger partial charge < -0.3 is 23.3 Å². The van der Waals surface area contributed by atoms with Gasteiger partial charge in [-0.3, -0.25) is 9.88 Å². The summed E-state index contributed by atoms with van der Waals surface area (Å²) in [5, 5.41) is 3.88. The molecule has 244 valence electrons. The average molecular weight is 668 g/mol. The number of hydrogen-bond acceptors (Lipinski definition) is 10. The van der Waals surface area contributed by atoms with Gasteiger partial charge in [0, 0.05) is 25.3 Å². The highest BCUT2D eigenvalue weighted by molar-refractivity contribution is 6.29. The lowest BCUT2D eigenvalue weighted by Crippen LogP contribution is -2.35. The van der Waals surface area contributed by atoms with Gasteiger partial charge in [-0.15, -0.1) is 0 Å². The standard InChI is InChI=1S/C32H29ClF3N7O4/c1-31(19-5-6-26(33)38-14-19)45-25-4-2-3-21(28(25)46-31)18-7-10-42(11-8-18)17-27-39-22-13-23(29-40-30(47-41-29)32(34,35)36)37-15-24(22)43(27)16-20-9-12-44-20/h2-6,13-15,18,20H,7-12,16-17H2,1H3. The van der Waals surface area contributed by atoms with Crippen molar-refractivity contribution in [1.82, 2.24) is 34.6 Å². The molecule has 0 aliphatic carbocycles. The zero-order valence-corrected chi connectivity index (χ0v) is 26.0. The molecule has 0 N–H and O–H groups in total. The molecule has 0 spiro atoms. The van der Waals surface area contributed by atoms with Crippen molar-refractivity contribution in [1.29, 1.82) is 0 Å². The Bertz CT molecular complexity index is 1940. The number of imidazole rings is 1. The van der Waals surface area contributed by atoms with E-state index in [4.69, 9.17) is 30.8 Å². The molecule has 2 saturated heterocycles. The fraction of sp³-hybridized carbons (Fsp3) is 0.406. The van der Waals surface area contributed by atoms with Gasteiger partial charge in [0.1, 0.15) is 16.7 Å². The van der Waals surface area contributed by atoms with Crippen LogP contribution in [-0.4, -0.2) is 60.4 Å². The van der Waals surface area contributed by atoms with Gasteiger partial charge in [-0.05, 0) is 62.5 Å². The molecule has 15 heteroatoms. The predicted molar refractivity (Wildman–Crippen MR) is 162 cm³/mol. The lowest BCUT2D eigenvalue weighted by atomic mass is 9.88. The highest BCUT2D eigenvalue weighted by Gasteiger charge is 2.42. The molecule has 11 nitrogen and oxygen atoms in total. The van der Waals surface area contributed by atoms with Crippen molar-refractivity contribution in [2.24, 2.45) is 0 Å². The molecule has 0 saturated carbocycles. The first-order valence-corrected chi connectivity index (χ1v) is 15.7.